The van der Waals surface area contributed by atoms with Crippen LogP contribution in [-0.2, 0) is 0 Å². The number of halogens is 2. The maximum atomic E-state index is 13.4. The molecule has 0 bridgehead atoms. The number of rotatable bonds is 1. The number of benzene rings is 1. The Morgan fingerprint density at radius 1 is 1.31 bits per heavy atom. The maximum absolute atomic E-state index is 13.4. The molecule has 0 aliphatic carbocycles. The number of aromatic nitrogens is 2. The van der Waals surface area contributed by atoms with Crippen molar-refractivity contribution in [2.75, 3.05) is 0 Å². The van der Waals surface area contributed by atoms with Crippen molar-refractivity contribution in [3.8, 4) is 0 Å². The van der Waals surface area contributed by atoms with Crippen LogP contribution >= 0.6 is 0 Å². The number of nitrogens with one attached hydrogen (secondary N) is 1. The van der Waals surface area contributed by atoms with Gasteiger partial charge in [0, 0.05) is 12.0 Å². The smallest absolute Gasteiger partial charge is 0.258 e. The molecule has 1 aromatic carbocycles. The van der Waals surface area contributed by atoms with Gasteiger partial charge in [-0.25, -0.2) is 13.8 Å². The highest BCUT2D eigenvalue weighted by molar-refractivity contribution is 5.78. The van der Waals surface area contributed by atoms with Gasteiger partial charge in [-0.3, -0.25) is 4.79 Å². The zero-order valence-electron chi connectivity index (χ0n) is 8.84. The van der Waals surface area contributed by atoms with Gasteiger partial charge in [-0.2, -0.15) is 0 Å². The second-order valence-electron chi connectivity index (χ2n) is 3.89. The molecule has 3 nitrogen and oxygen atoms in total. The molecule has 0 amide bonds. The quantitative estimate of drug-likeness (QED) is 0.808. The zero-order chi connectivity index (χ0) is 11.9. The molecular weight excluding hydrogens is 214 g/mol. The van der Waals surface area contributed by atoms with Gasteiger partial charge in [0.1, 0.15) is 17.2 Å². The third-order valence-electron chi connectivity index (χ3n) is 2.29. The van der Waals surface area contributed by atoms with Crippen molar-refractivity contribution in [1.29, 1.82) is 0 Å². The predicted molar refractivity (Wildman–Crippen MR) is 56.4 cm³/mol. The van der Waals surface area contributed by atoms with Gasteiger partial charge in [-0.15, -0.1) is 0 Å². The fourth-order valence-electron chi connectivity index (χ4n) is 1.46. The molecule has 0 unspecified atom stereocenters. The molecule has 0 saturated heterocycles. The van der Waals surface area contributed by atoms with Crippen LogP contribution < -0.4 is 5.56 Å². The van der Waals surface area contributed by atoms with Gasteiger partial charge in [-0.05, 0) is 6.07 Å². The van der Waals surface area contributed by atoms with Crippen molar-refractivity contribution in [3.05, 3.63) is 39.9 Å². The summed E-state index contributed by atoms with van der Waals surface area (Å²) < 4.78 is 26.3. The third kappa shape index (κ3) is 1.68. The van der Waals surface area contributed by atoms with Crippen LogP contribution in [0.25, 0.3) is 10.9 Å². The Morgan fingerprint density at radius 2 is 2.00 bits per heavy atom. The van der Waals surface area contributed by atoms with Crippen LogP contribution in [0.15, 0.2) is 16.9 Å². The maximum Gasteiger partial charge on any atom is 0.258 e. The van der Waals surface area contributed by atoms with E-state index in [1.54, 1.807) is 0 Å². The molecule has 0 aliphatic rings. The summed E-state index contributed by atoms with van der Waals surface area (Å²) in [7, 11) is 0. The molecule has 0 fully saturated rings. The minimum Gasteiger partial charge on any atom is -0.310 e. The highest BCUT2D eigenvalue weighted by Gasteiger charge is 2.11. The fraction of sp³-hybridized carbons (Fsp3) is 0.273. The lowest BCUT2D eigenvalue weighted by Gasteiger charge is -2.06. The normalized spacial score (nSPS) is 11.3. The minimum atomic E-state index is -0.817. The molecule has 16 heavy (non-hydrogen) atoms. The molecule has 5 heteroatoms. The van der Waals surface area contributed by atoms with E-state index >= 15 is 0 Å². The van der Waals surface area contributed by atoms with Gasteiger partial charge in [-0.1, -0.05) is 13.8 Å². The van der Waals surface area contributed by atoms with Crippen molar-refractivity contribution in [3.63, 3.8) is 0 Å². The SMILES string of the molecule is CC(C)c1nc2c(F)cc(F)cc2c(=O)[nH]1. The van der Waals surface area contributed by atoms with Crippen molar-refractivity contribution >= 4 is 10.9 Å². The number of H-pyrrole nitrogens is 1. The molecule has 0 aliphatic heterocycles. The Hall–Kier alpha value is -1.78. The van der Waals surface area contributed by atoms with Gasteiger partial charge in [0.25, 0.3) is 5.56 Å². The lowest BCUT2D eigenvalue weighted by molar-refractivity contribution is 0.589. The average molecular weight is 224 g/mol. The van der Waals surface area contributed by atoms with Crippen LogP contribution in [0.3, 0.4) is 0 Å². The molecule has 0 radical (unpaired) electrons. The number of hydrogen-bond acceptors (Lipinski definition) is 2. The summed E-state index contributed by atoms with van der Waals surface area (Å²) in [4.78, 5) is 18.1. The highest BCUT2D eigenvalue weighted by atomic mass is 19.1. The Kier molecular flexibility index (Phi) is 2.46. The molecule has 0 spiro atoms. The van der Waals surface area contributed by atoms with Crippen molar-refractivity contribution in [2.45, 2.75) is 19.8 Å². The van der Waals surface area contributed by atoms with E-state index in [-0.39, 0.29) is 16.8 Å². The fourth-order valence-corrected chi connectivity index (χ4v) is 1.46. The summed E-state index contributed by atoms with van der Waals surface area (Å²) in [6, 6.07) is 1.70. The standard InChI is InChI=1S/C11H10F2N2O/c1-5(2)10-14-9-7(11(16)15-10)3-6(12)4-8(9)13/h3-5H,1-2H3,(H,14,15,16). The molecule has 2 aromatic rings. The first-order valence-electron chi connectivity index (χ1n) is 4.88. The van der Waals surface area contributed by atoms with E-state index in [1.807, 2.05) is 13.8 Å². The van der Waals surface area contributed by atoms with E-state index in [0.29, 0.717) is 5.82 Å². The van der Waals surface area contributed by atoms with Crippen LogP contribution in [0, 0.1) is 11.6 Å². The lowest BCUT2D eigenvalue weighted by atomic mass is 10.2. The van der Waals surface area contributed by atoms with Gasteiger partial charge in [0.15, 0.2) is 5.82 Å². The molecule has 1 aromatic heterocycles. The Morgan fingerprint density at radius 3 is 2.62 bits per heavy atom. The van der Waals surface area contributed by atoms with Crippen molar-refractivity contribution in [2.24, 2.45) is 0 Å². The van der Waals surface area contributed by atoms with Gasteiger partial charge in [0.05, 0.1) is 5.39 Å². The van der Waals surface area contributed by atoms with Crippen LogP contribution in [0.5, 0.6) is 0 Å². The lowest BCUT2D eigenvalue weighted by Crippen LogP contribution is -2.13. The highest BCUT2D eigenvalue weighted by Crippen LogP contribution is 2.16. The Labute approximate surface area is 90.1 Å². The van der Waals surface area contributed by atoms with Crippen LogP contribution in [0.1, 0.15) is 25.6 Å². The zero-order valence-corrected chi connectivity index (χ0v) is 8.84. The number of hydrogen-bond donors (Lipinski definition) is 1. The number of nitrogens with zero attached hydrogens (tertiary/aromatic N) is 1. The predicted octanol–water partition coefficient (Wildman–Crippen LogP) is 2.32. The molecule has 1 N–H and O–H groups in total. The van der Waals surface area contributed by atoms with Crippen molar-refractivity contribution in [1.82, 2.24) is 9.97 Å². The average Bonchev–Trinajstić information content (AvgIpc) is 2.19. The number of aromatic amines is 1. The largest absolute Gasteiger partial charge is 0.310 e. The molecular formula is C11H10F2N2O. The monoisotopic (exact) mass is 224 g/mol. The first kappa shape index (κ1) is 10.7. The summed E-state index contributed by atoms with van der Waals surface area (Å²) in [5, 5.41) is -0.0677. The molecule has 1 heterocycles. The first-order valence-corrected chi connectivity index (χ1v) is 4.88. The topological polar surface area (TPSA) is 45.8 Å². The van der Waals surface area contributed by atoms with E-state index in [0.717, 1.165) is 12.1 Å². The minimum absolute atomic E-state index is 0.0263. The van der Waals surface area contributed by atoms with Gasteiger partial charge < -0.3 is 4.98 Å². The summed E-state index contributed by atoms with van der Waals surface area (Å²) in [6.07, 6.45) is 0. The molecule has 0 saturated carbocycles. The summed E-state index contributed by atoms with van der Waals surface area (Å²) in [6.45, 7) is 3.65. The molecule has 2 rings (SSSR count). The number of fused-ring (bicyclic) bond motifs is 1. The second kappa shape index (κ2) is 3.66. The second-order valence-corrected chi connectivity index (χ2v) is 3.89. The molecule has 0 atom stereocenters. The van der Waals surface area contributed by atoms with E-state index in [4.69, 9.17) is 0 Å². The van der Waals surface area contributed by atoms with Crippen molar-refractivity contribution < 1.29 is 8.78 Å². The van der Waals surface area contributed by atoms with Crippen LogP contribution in [0.4, 0.5) is 8.78 Å². The molecule has 84 valence electrons. The Balaban J connectivity index is 2.87. The summed E-state index contributed by atoms with van der Waals surface area (Å²) >= 11 is 0. The summed E-state index contributed by atoms with van der Waals surface area (Å²) in [5.74, 6) is -1.23. The van der Waals surface area contributed by atoms with E-state index < -0.39 is 17.2 Å². The van der Waals surface area contributed by atoms with Gasteiger partial charge in [0.2, 0.25) is 0 Å². The van der Waals surface area contributed by atoms with Crippen LogP contribution in [-0.4, -0.2) is 9.97 Å². The first-order chi connectivity index (χ1) is 7.49. The van der Waals surface area contributed by atoms with E-state index in [9.17, 15) is 13.6 Å². The van der Waals surface area contributed by atoms with E-state index in [2.05, 4.69) is 9.97 Å². The Bertz CT molecular complexity index is 605. The van der Waals surface area contributed by atoms with E-state index in [1.165, 1.54) is 0 Å². The summed E-state index contributed by atoms with van der Waals surface area (Å²) in [5.41, 5.74) is -0.610. The third-order valence-corrected chi connectivity index (χ3v) is 2.29. The van der Waals surface area contributed by atoms with Gasteiger partial charge >= 0.3 is 0 Å². The van der Waals surface area contributed by atoms with Crippen LogP contribution in [0.2, 0.25) is 0 Å².